The first-order chi connectivity index (χ1) is 0. The monoisotopic (exact) mass is 229 g/mol. The van der Waals surface area contributed by atoms with Gasteiger partial charge in [-0.1, -0.05) is 0 Å². The molecule has 0 heterocycles. The molecule has 0 aromatic carbocycles. The van der Waals surface area contributed by atoms with Gasteiger partial charge in [0.1, 0.15) is 0 Å². The summed E-state index contributed by atoms with van der Waals surface area (Å²) in [5.74, 6) is 0. The van der Waals surface area contributed by atoms with Crippen LogP contribution in [0.4, 0.5) is 0 Å². The van der Waals surface area contributed by atoms with Gasteiger partial charge in [0.05, 0.1) is 0 Å². The van der Waals surface area contributed by atoms with E-state index in [2.05, 4.69) is 0 Å². The summed E-state index contributed by atoms with van der Waals surface area (Å²) in [6.07, 6.45) is 0. The molecule has 0 fully saturated rings. The predicted octanol–water partition coefficient (Wildman–Crippen LogP) is -3.56. The summed E-state index contributed by atoms with van der Waals surface area (Å²) in [4.78, 5) is 0. The zero-order chi connectivity index (χ0) is 0. The molecule has 27 valence electrons. The van der Waals surface area contributed by atoms with Gasteiger partial charge in [0.25, 0.3) is 0 Å². The van der Waals surface area contributed by atoms with E-state index in [9.17, 15) is 0 Å². The molecule has 0 bridgehead atoms. The van der Waals surface area contributed by atoms with Gasteiger partial charge in [0.15, 0.2) is 17.4 Å². The molecule has 0 atom stereocenters. The number of hydrogen-bond donors (Lipinski definition) is 0. The Labute approximate surface area is 99.5 Å². The second-order valence-corrected chi connectivity index (χ2v) is 0. The smallest absolute Gasteiger partial charge is 0.0149 e. The second kappa shape index (κ2) is 27.2. The Morgan fingerprint density at radius 3 is 1.00 bits per heavy atom. The van der Waals surface area contributed by atoms with E-state index in [4.69, 9.17) is 0 Å². The van der Waals surface area contributed by atoms with Crippen LogP contribution in [0.3, 0.4) is 0 Å². The van der Waals surface area contributed by atoms with E-state index in [0.29, 0.717) is 0 Å². The summed E-state index contributed by atoms with van der Waals surface area (Å²) < 4.78 is 0. The molecule has 0 saturated heterocycles. The van der Waals surface area contributed by atoms with Crippen LogP contribution >= 0.6 is 0 Å². The maximum absolute atomic E-state index is 0. The fourth-order valence-electron chi connectivity index (χ4n) is 0. The zero-order valence-corrected chi connectivity index (χ0v) is 5.10. The van der Waals surface area contributed by atoms with Gasteiger partial charge >= 0.3 is 23.1 Å². The molecule has 0 aliphatic heterocycles. The van der Waals surface area contributed by atoms with Crippen LogP contribution in [0.2, 0.25) is 0 Å². The summed E-state index contributed by atoms with van der Waals surface area (Å²) in [5, 5.41) is 0. The SMILES string of the molecule is [AlH3].[Cr].[MgH2].[SiH4].[Y]. The normalized spacial score (nSPS) is 0. The van der Waals surface area contributed by atoms with Crippen LogP contribution in [-0.4, -0.2) is 51.4 Å². The molecule has 0 N–H and O–H groups in total. The summed E-state index contributed by atoms with van der Waals surface area (Å²) in [7, 11) is 0. The van der Waals surface area contributed by atoms with Crippen LogP contribution in [0.15, 0.2) is 0 Å². The molecule has 0 aliphatic rings. The standard InChI is InChI=1S/Al.Cr.Mg.H4Si.Y.5H/h;;;1H4;;;;;;. The van der Waals surface area contributed by atoms with Gasteiger partial charge in [-0.2, -0.15) is 0 Å². The average Bonchev–Trinajstić information content (AvgIpc) is 0. The topological polar surface area (TPSA) is 0 Å². The quantitative estimate of drug-likeness (QED) is 0.377. The number of rotatable bonds is 0. The minimum atomic E-state index is 0. The van der Waals surface area contributed by atoms with Gasteiger partial charge in [-0.3, -0.25) is 0 Å². The maximum Gasteiger partial charge on any atom is 0.316 e. The van der Waals surface area contributed by atoms with Crippen molar-refractivity contribution in [2.24, 2.45) is 0 Å². The summed E-state index contributed by atoms with van der Waals surface area (Å²) in [6.45, 7) is 0. The van der Waals surface area contributed by atoms with E-state index in [1.54, 1.807) is 0 Å². The minimum absolute atomic E-state index is 0. The first kappa shape index (κ1) is 42.0. The summed E-state index contributed by atoms with van der Waals surface area (Å²) in [5.41, 5.74) is 0. The minimum Gasteiger partial charge on any atom is -0.0149 e. The Hall–Kier alpha value is 3.15. The van der Waals surface area contributed by atoms with Crippen molar-refractivity contribution >= 4 is 51.4 Å². The molecule has 0 unspecified atom stereocenters. The van der Waals surface area contributed by atoms with Gasteiger partial charge < -0.3 is 0 Å². The van der Waals surface area contributed by atoms with Gasteiger partial charge in [-0.15, -0.1) is 0 Å². The molecular formula is H9AlCrMgSiY. The van der Waals surface area contributed by atoms with Gasteiger partial charge in [0.2, 0.25) is 0 Å². The van der Waals surface area contributed by atoms with E-state index >= 15 is 0 Å². The van der Waals surface area contributed by atoms with Crippen LogP contribution in [0, 0.1) is 0 Å². The first-order valence-electron chi connectivity index (χ1n) is 0. The first-order valence-corrected chi connectivity index (χ1v) is 0. The molecule has 5 heteroatoms. The average molecular weight is 229 g/mol. The Balaban J connectivity index is 0. The molecule has 0 saturated carbocycles. The number of hydrogen-bond acceptors (Lipinski definition) is 0. The molecule has 0 amide bonds. The van der Waals surface area contributed by atoms with Crippen molar-refractivity contribution in [3.8, 4) is 0 Å². The van der Waals surface area contributed by atoms with Gasteiger partial charge in [-0.05, 0) is 11.0 Å². The second-order valence-electron chi connectivity index (χ2n) is 0. The fraction of sp³-hybridized carbons (Fsp3) is 0. The van der Waals surface area contributed by atoms with Crippen molar-refractivity contribution in [2.45, 2.75) is 0 Å². The van der Waals surface area contributed by atoms with E-state index in [-0.39, 0.29) is 101 Å². The third kappa shape index (κ3) is 19.1. The predicted molar refractivity (Wildman–Crippen MR) is 29.8 cm³/mol. The van der Waals surface area contributed by atoms with E-state index in [1.165, 1.54) is 0 Å². The molecule has 0 rings (SSSR count). The molecule has 5 heavy (non-hydrogen) atoms. The van der Waals surface area contributed by atoms with Crippen LogP contribution in [-0.2, 0) is 50.1 Å². The largest absolute Gasteiger partial charge is 0.316 e. The Kier molecular flexibility index (Phi) is 229. The summed E-state index contributed by atoms with van der Waals surface area (Å²) >= 11 is 0. The van der Waals surface area contributed by atoms with E-state index in [1.807, 2.05) is 0 Å². The molecule has 0 aromatic heterocycles. The molecular weight excluding hydrogens is 220 g/mol. The summed E-state index contributed by atoms with van der Waals surface area (Å²) in [6, 6.07) is 0. The van der Waals surface area contributed by atoms with Gasteiger partial charge in [-0.25, -0.2) is 0 Å². The fourth-order valence-corrected chi connectivity index (χ4v) is 0. The Bertz CT molecular complexity index is 11.6. The van der Waals surface area contributed by atoms with Crippen molar-refractivity contribution in [3.05, 3.63) is 0 Å². The van der Waals surface area contributed by atoms with Gasteiger partial charge in [0, 0.05) is 50.1 Å². The molecule has 0 aromatic rings. The molecule has 0 nitrogen and oxygen atoms in total. The zero-order valence-electron chi connectivity index (χ0n) is 0.986. The Morgan fingerprint density at radius 1 is 1.00 bits per heavy atom. The molecule has 0 aliphatic carbocycles. The van der Waals surface area contributed by atoms with Crippen LogP contribution < -0.4 is 0 Å². The van der Waals surface area contributed by atoms with E-state index in [0.717, 1.165) is 0 Å². The molecule has 1 radical (unpaired) electrons. The van der Waals surface area contributed by atoms with E-state index < -0.39 is 0 Å². The Morgan fingerprint density at radius 2 is 1.00 bits per heavy atom. The molecule has 0 spiro atoms. The van der Waals surface area contributed by atoms with Crippen molar-refractivity contribution in [3.63, 3.8) is 0 Å². The maximum atomic E-state index is 0. The van der Waals surface area contributed by atoms with Crippen LogP contribution in [0.25, 0.3) is 0 Å². The third-order valence-electron chi connectivity index (χ3n) is 0. The van der Waals surface area contributed by atoms with Crippen LogP contribution in [0.5, 0.6) is 0 Å². The van der Waals surface area contributed by atoms with Crippen molar-refractivity contribution in [2.75, 3.05) is 0 Å². The van der Waals surface area contributed by atoms with Crippen molar-refractivity contribution in [1.29, 1.82) is 0 Å². The third-order valence-corrected chi connectivity index (χ3v) is 0. The van der Waals surface area contributed by atoms with Crippen LogP contribution in [0.1, 0.15) is 0 Å². The van der Waals surface area contributed by atoms with Crippen molar-refractivity contribution < 1.29 is 50.1 Å². The van der Waals surface area contributed by atoms with Crippen molar-refractivity contribution in [1.82, 2.24) is 0 Å².